The van der Waals surface area contributed by atoms with Crippen LogP contribution in [0.15, 0.2) is 5.51 Å². The van der Waals surface area contributed by atoms with Crippen LogP contribution < -0.4 is 0 Å². The number of nitrogens with zero attached hydrogens (tertiary/aromatic N) is 2. The van der Waals surface area contributed by atoms with Crippen molar-refractivity contribution in [2.24, 2.45) is 5.92 Å². The molecule has 0 unspecified atom stereocenters. The standard InChI is InChI=1S/C10H14N2O2S/c1-7-9(15-6-11-7)5-12-3-8(4-12)2-10(13)14/h6,8H,2-5H2,1H3,(H,13,14). The molecule has 4 nitrogen and oxygen atoms in total. The van der Waals surface area contributed by atoms with Crippen LogP contribution in [0.2, 0.25) is 0 Å². The van der Waals surface area contributed by atoms with Gasteiger partial charge < -0.3 is 5.11 Å². The van der Waals surface area contributed by atoms with Crippen LogP contribution in [0.4, 0.5) is 0 Å². The van der Waals surface area contributed by atoms with E-state index in [1.165, 1.54) is 4.88 Å². The first kappa shape index (κ1) is 10.6. The normalized spacial score (nSPS) is 17.7. The molecule has 82 valence electrons. The lowest BCUT2D eigenvalue weighted by Crippen LogP contribution is -2.46. The average molecular weight is 226 g/mol. The molecule has 1 fully saturated rings. The number of carboxylic acids is 1. The van der Waals surface area contributed by atoms with Crippen molar-refractivity contribution >= 4 is 17.3 Å². The summed E-state index contributed by atoms with van der Waals surface area (Å²) in [4.78, 5) is 18.2. The molecule has 15 heavy (non-hydrogen) atoms. The maximum absolute atomic E-state index is 10.5. The monoisotopic (exact) mass is 226 g/mol. The summed E-state index contributed by atoms with van der Waals surface area (Å²) in [6.07, 6.45) is 0.304. The van der Waals surface area contributed by atoms with E-state index in [2.05, 4.69) is 9.88 Å². The number of aliphatic carboxylic acids is 1. The molecule has 1 aromatic rings. The second kappa shape index (κ2) is 4.28. The fourth-order valence-corrected chi connectivity index (χ4v) is 2.68. The summed E-state index contributed by atoms with van der Waals surface area (Å²) in [7, 11) is 0. The van der Waals surface area contributed by atoms with Gasteiger partial charge in [0.15, 0.2) is 0 Å². The van der Waals surface area contributed by atoms with E-state index in [9.17, 15) is 4.79 Å². The highest BCUT2D eigenvalue weighted by Gasteiger charge is 2.28. The van der Waals surface area contributed by atoms with E-state index in [1.54, 1.807) is 11.3 Å². The molecule has 1 saturated heterocycles. The third-order valence-corrected chi connectivity index (χ3v) is 3.63. The molecular formula is C10H14N2O2S. The van der Waals surface area contributed by atoms with Crippen LogP contribution in [0, 0.1) is 12.8 Å². The molecule has 0 aliphatic carbocycles. The summed E-state index contributed by atoms with van der Waals surface area (Å²) >= 11 is 1.67. The molecule has 1 aromatic heterocycles. The molecule has 5 heteroatoms. The molecule has 0 saturated carbocycles. The second-order valence-electron chi connectivity index (χ2n) is 4.02. The summed E-state index contributed by atoms with van der Waals surface area (Å²) in [6, 6.07) is 0. The minimum Gasteiger partial charge on any atom is -0.481 e. The average Bonchev–Trinajstić information content (AvgIpc) is 2.47. The van der Waals surface area contributed by atoms with Crippen molar-refractivity contribution in [1.29, 1.82) is 0 Å². The maximum atomic E-state index is 10.5. The summed E-state index contributed by atoms with van der Waals surface area (Å²) in [6.45, 7) is 4.75. The van der Waals surface area contributed by atoms with Crippen molar-refractivity contribution in [1.82, 2.24) is 9.88 Å². The van der Waals surface area contributed by atoms with Crippen molar-refractivity contribution in [3.63, 3.8) is 0 Å². The number of hydrogen-bond acceptors (Lipinski definition) is 4. The van der Waals surface area contributed by atoms with Crippen LogP contribution in [-0.4, -0.2) is 34.0 Å². The lowest BCUT2D eigenvalue weighted by atomic mass is 9.96. The molecule has 2 heterocycles. The van der Waals surface area contributed by atoms with Crippen molar-refractivity contribution < 1.29 is 9.90 Å². The van der Waals surface area contributed by atoms with E-state index in [1.807, 2.05) is 12.4 Å². The van der Waals surface area contributed by atoms with Gasteiger partial charge in [0.2, 0.25) is 0 Å². The predicted molar refractivity (Wildman–Crippen MR) is 57.9 cm³/mol. The zero-order valence-corrected chi connectivity index (χ0v) is 9.46. The lowest BCUT2D eigenvalue weighted by molar-refractivity contribution is -0.139. The van der Waals surface area contributed by atoms with Gasteiger partial charge in [-0.25, -0.2) is 4.98 Å². The van der Waals surface area contributed by atoms with Crippen LogP contribution in [-0.2, 0) is 11.3 Å². The molecular weight excluding hydrogens is 212 g/mol. The fourth-order valence-electron chi connectivity index (χ4n) is 1.86. The minimum absolute atomic E-state index is 0.304. The highest BCUT2D eigenvalue weighted by Crippen LogP contribution is 2.23. The number of hydrogen-bond donors (Lipinski definition) is 1. The molecule has 0 radical (unpaired) electrons. The van der Waals surface area contributed by atoms with Gasteiger partial charge in [-0.15, -0.1) is 11.3 Å². The van der Waals surface area contributed by atoms with Gasteiger partial charge in [0.05, 0.1) is 17.6 Å². The summed E-state index contributed by atoms with van der Waals surface area (Å²) in [5.41, 5.74) is 2.96. The topological polar surface area (TPSA) is 53.4 Å². The Hall–Kier alpha value is -0.940. The van der Waals surface area contributed by atoms with Gasteiger partial charge in [-0.05, 0) is 12.8 Å². The smallest absolute Gasteiger partial charge is 0.303 e. The van der Waals surface area contributed by atoms with E-state index in [4.69, 9.17) is 5.11 Å². The van der Waals surface area contributed by atoms with Crippen LogP contribution in [0.25, 0.3) is 0 Å². The van der Waals surface area contributed by atoms with Gasteiger partial charge in [-0.3, -0.25) is 9.69 Å². The Morgan fingerprint density at radius 3 is 3.00 bits per heavy atom. The largest absolute Gasteiger partial charge is 0.481 e. The Balaban J connectivity index is 1.77. The first-order chi connectivity index (χ1) is 7.15. The Labute approximate surface area is 92.6 Å². The van der Waals surface area contributed by atoms with E-state index in [0.29, 0.717) is 12.3 Å². The van der Waals surface area contributed by atoms with Crippen LogP contribution in [0.3, 0.4) is 0 Å². The van der Waals surface area contributed by atoms with E-state index in [-0.39, 0.29) is 0 Å². The molecule has 1 aliphatic rings. The number of aromatic nitrogens is 1. The third-order valence-electron chi connectivity index (χ3n) is 2.71. The van der Waals surface area contributed by atoms with Crippen molar-refractivity contribution in [3.05, 3.63) is 16.1 Å². The van der Waals surface area contributed by atoms with E-state index >= 15 is 0 Å². The summed E-state index contributed by atoms with van der Waals surface area (Å²) in [5.74, 6) is -0.343. The zero-order chi connectivity index (χ0) is 10.8. The van der Waals surface area contributed by atoms with Crippen molar-refractivity contribution in [3.8, 4) is 0 Å². The Morgan fingerprint density at radius 1 is 1.73 bits per heavy atom. The Morgan fingerprint density at radius 2 is 2.47 bits per heavy atom. The van der Waals surface area contributed by atoms with Crippen LogP contribution >= 0.6 is 11.3 Å². The van der Waals surface area contributed by atoms with Crippen molar-refractivity contribution in [2.75, 3.05) is 13.1 Å². The number of thiazole rings is 1. The maximum Gasteiger partial charge on any atom is 0.303 e. The summed E-state index contributed by atoms with van der Waals surface area (Å²) in [5, 5.41) is 8.61. The van der Waals surface area contributed by atoms with E-state index in [0.717, 1.165) is 25.3 Å². The second-order valence-corrected chi connectivity index (χ2v) is 4.96. The number of carbonyl (C=O) groups is 1. The van der Waals surface area contributed by atoms with Gasteiger partial charge in [0.25, 0.3) is 0 Å². The number of likely N-dealkylation sites (tertiary alicyclic amines) is 1. The number of carboxylic acid groups (broad SMARTS) is 1. The fraction of sp³-hybridized carbons (Fsp3) is 0.600. The third kappa shape index (κ3) is 2.54. The molecule has 0 amide bonds. The minimum atomic E-state index is -0.686. The molecule has 1 aliphatic heterocycles. The Bertz CT molecular complexity index is 358. The van der Waals surface area contributed by atoms with Gasteiger partial charge in [0, 0.05) is 24.5 Å². The molecule has 0 aromatic carbocycles. The van der Waals surface area contributed by atoms with Gasteiger partial charge in [-0.1, -0.05) is 0 Å². The van der Waals surface area contributed by atoms with E-state index < -0.39 is 5.97 Å². The Kier molecular flexibility index (Phi) is 3.02. The van der Waals surface area contributed by atoms with Crippen LogP contribution in [0.5, 0.6) is 0 Å². The first-order valence-electron chi connectivity index (χ1n) is 4.98. The van der Waals surface area contributed by atoms with Gasteiger partial charge >= 0.3 is 5.97 Å². The molecule has 2 rings (SSSR count). The molecule has 0 atom stereocenters. The first-order valence-corrected chi connectivity index (χ1v) is 5.86. The summed E-state index contributed by atoms with van der Waals surface area (Å²) < 4.78 is 0. The SMILES string of the molecule is Cc1ncsc1CN1CC(CC(=O)O)C1. The van der Waals surface area contributed by atoms with Crippen molar-refractivity contribution in [2.45, 2.75) is 19.9 Å². The van der Waals surface area contributed by atoms with Gasteiger partial charge in [0.1, 0.15) is 0 Å². The highest BCUT2D eigenvalue weighted by molar-refractivity contribution is 7.09. The molecule has 0 bridgehead atoms. The van der Waals surface area contributed by atoms with Crippen LogP contribution in [0.1, 0.15) is 17.0 Å². The lowest BCUT2D eigenvalue weighted by Gasteiger charge is -2.38. The molecule has 0 spiro atoms. The predicted octanol–water partition coefficient (Wildman–Crippen LogP) is 1.36. The molecule has 1 N–H and O–H groups in total. The van der Waals surface area contributed by atoms with Gasteiger partial charge in [-0.2, -0.15) is 0 Å². The quantitative estimate of drug-likeness (QED) is 0.842. The highest BCUT2D eigenvalue weighted by atomic mass is 32.1. The zero-order valence-electron chi connectivity index (χ0n) is 8.64. The number of rotatable bonds is 4. The number of aryl methyl sites for hydroxylation is 1.